The molecule has 220 valence electrons. The number of pyridine rings is 1. The molecule has 1 spiro atoms. The number of likely N-dealkylation sites (N-methyl/N-ethyl adjacent to an activating group) is 1. The van der Waals surface area contributed by atoms with Crippen LogP contribution in [-0.2, 0) is 17.3 Å². The molecule has 1 aliphatic carbocycles. The number of benzene rings is 1. The lowest BCUT2D eigenvalue weighted by atomic mass is 9.47. The number of hydrogen-bond donors (Lipinski definition) is 4. The molecule has 6 rings (SSSR count). The van der Waals surface area contributed by atoms with Crippen molar-refractivity contribution >= 4 is 35.4 Å². The van der Waals surface area contributed by atoms with E-state index < -0.39 is 0 Å². The predicted molar refractivity (Wildman–Crippen MR) is 173 cm³/mol. The molecule has 0 bridgehead atoms. The summed E-state index contributed by atoms with van der Waals surface area (Å²) in [5.41, 5.74) is 10.7. The van der Waals surface area contributed by atoms with Gasteiger partial charge in [-0.1, -0.05) is 26.0 Å². The fraction of sp³-hybridized carbons (Fsp3) is 0.394. The zero-order chi connectivity index (χ0) is 30.2. The number of fused-ring (bicyclic) bond motifs is 4. The van der Waals surface area contributed by atoms with Crippen molar-refractivity contribution in [2.24, 2.45) is 12.5 Å². The van der Waals surface area contributed by atoms with Crippen LogP contribution in [0, 0.1) is 10.8 Å². The zero-order valence-corrected chi connectivity index (χ0v) is 25.4. The number of anilines is 2. The van der Waals surface area contributed by atoms with Crippen molar-refractivity contribution in [1.29, 1.82) is 5.41 Å². The van der Waals surface area contributed by atoms with E-state index in [0.29, 0.717) is 5.41 Å². The van der Waals surface area contributed by atoms with Crippen LogP contribution in [0.4, 0.5) is 11.4 Å². The van der Waals surface area contributed by atoms with E-state index in [1.54, 1.807) is 0 Å². The van der Waals surface area contributed by atoms with Crippen LogP contribution in [0.5, 0.6) is 0 Å². The first kappa shape index (κ1) is 29.3. The fourth-order valence-electron chi connectivity index (χ4n) is 7.62. The number of hydrogen-bond acceptors (Lipinski definition) is 7. The first-order chi connectivity index (χ1) is 20.3. The lowest BCUT2D eigenvalue weighted by molar-refractivity contribution is -0.0980. The summed E-state index contributed by atoms with van der Waals surface area (Å²) in [5.74, 6) is 0. The Bertz CT molecular complexity index is 1640. The predicted octanol–water partition coefficient (Wildman–Crippen LogP) is 5.88. The SMILES string of the molecule is C=C1N(C)c2cnc3[nH]c(-c4cnn(C)c4)c(-c4ccc(NC)c(C=N)c4)c3c2C12CC(CCC)(CCNC)C2.C=O. The molecule has 0 saturated heterocycles. The number of H-pyrrole nitrogens is 1. The maximum absolute atomic E-state index is 8.09. The Labute approximate surface area is 247 Å². The average Bonchev–Trinajstić information content (AvgIpc) is 3.66. The lowest BCUT2D eigenvalue weighted by Gasteiger charge is -2.56. The van der Waals surface area contributed by atoms with Crippen LogP contribution in [0.25, 0.3) is 33.4 Å². The van der Waals surface area contributed by atoms with E-state index in [1.807, 2.05) is 44.2 Å². The Hall–Kier alpha value is -4.24. The summed E-state index contributed by atoms with van der Waals surface area (Å²) in [6, 6.07) is 6.32. The van der Waals surface area contributed by atoms with Crippen molar-refractivity contribution in [3.63, 3.8) is 0 Å². The van der Waals surface area contributed by atoms with Gasteiger partial charge >= 0.3 is 0 Å². The Kier molecular flexibility index (Phi) is 7.81. The van der Waals surface area contributed by atoms with Gasteiger partial charge in [0.25, 0.3) is 0 Å². The largest absolute Gasteiger partial charge is 0.388 e. The number of allylic oxidation sites excluding steroid dienone is 1. The first-order valence-electron chi connectivity index (χ1n) is 14.5. The summed E-state index contributed by atoms with van der Waals surface area (Å²) in [4.78, 5) is 18.9. The summed E-state index contributed by atoms with van der Waals surface area (Å²) < 4.78 is 1.83. The van der Waals surface area contributed by atoms with Crippen LogP contribution in [0.3, 0.4) is 0 Å². The van der Waals surface area contributed by atoms with E-state index in [1.165, 1.54) is 36.7 Å². The summed E-state index contributed by atoms with van der Waals surface area (Å²) >= 11 is 0. The number of aromatic amines is 1. The minimum absolute atomic E-state index is 0.118. The summed E-state index contributed by atoms with van der Waals surface area (Å²) in [6.45, 7) is 10.0. The number of aryl methyl sites for hydroxylation is 1. The van der Waals surface area contributed by atoms with E-state index in [0.717, 1.165) is 69.7 Å². The van der Waals surface area contributed by atoms with Gasteiger partial charge in [-0.15, -0.1) is 0 Å². The van der Waals surface area contributed by atoms with Crippen LogP contribution in [0.1, 0.15) is 50.2 Å². The Morgan fingerprint density at radius 2 is 1.90 bits per heavy atom. The third-order valence-corrected chi connectivity index (χ3v) is 9.40. The summed E-state index contributed by atoms with van der Waals surface area (Å²) in [6.07, 6.45) is 13.2. The maximum Gasteiger partial charge on any atom is 0.138 e. The van der Waals surface area contributed by atoms with Crippen molar-refractivity contribution in [2.75, 3.05) is 37.9 Å². The molecule has 1 aliphatic heterocycles. The van der Waals surface area contributed by atoms with Gasteiger partial charge in [0, 0.05) is 78.0 Å². The highest BCUT2D eigenvalue weighted by atomic mass is 16.1. The normalized spacial score (nSPS) is 20.8. The second-order valence-corrected chi connectivity index (χ2v) is 11.8. The first-order valence-corrected chi connectivity index (χ1v) is 14.5. The third kappa shape index (κ3) is 4.34. The Balaban J connectivity index is 0.00000173. The van der Waals surface area contributed by atoms with Gasteiger partial charge < -0.3 is 30.7 Å². The standard InChI is InChI=1S/C32H40N8.CH2O/c1-7-10-31(11-12-34-3)18-32(19-31)20(2)40(6)25-16-36-30-27(28(25)32)26(29(38-30)23-15-37-39(5)17-23)21-8-9-24(35-4)22(13-21)14-33;1-2/h8-9,13-17,33-35H,2,7,10-12,18-19H2,1,3-6H3,(H,36,38);1H2. The summed E-state index contributed by atoms with van der Waals surface area (Å²) in [5, 5.41) is 20.3. The smallest absolute Gasteiger partial charge is 0.138 e. The molecule has 1 fully saturated rings. The maximum atomic E-state index is 8.09. The van der Waals surface area contributed by atoms with Crippen molar-refractivity contribution in [2.45, 2.75) is 44.4 Å². The molecule has 2 aliphatic rings. The van der Waals surface area contributed by atoms with Crippen molar-refractivity contribution < 1.29 is 4.79 Å². The Morgan fingerprint density at radius 1 is 1.14 bits per heavy atom. The molecule has 3 aromatic heterocycles. The highest BCUT2D eigenvalue weighted by Crippen LogP contribution is 2.68. The lowest BCUT2D eigenvalue weighted by Crippen LogP contribution is -2.51. The summed E-state index contributed by atoms with van der Waals surface area (Å²) in [7, 11) is 8.02. The molecule has 1 aromatic carbocycles. The van der Waals surface area contributed by atoms with Crippen molar-refractivity contribution in [3.8, 4) is 22.4 Å². The van der Waals surface area contributed by atoms with Crippen LogP contribution in [-0.4, -0.2) is 60.4 Å². The van der Waals surface area contributed by atoms with Crippen LogP contribution in [0.2, 0.25) is 0 Å². The van der Waals surface area contributed by atoms with Gasteiger partial charge in [0.1, 0.15) is 12.4 Å². The van der Waals surface area contributed by atoms with Gasteiger partial charge in [0.05, 0.1) is 23.8 Å². The third-order valence-electron chi connectivity index (χ3n) is 9.40. The molecule has 0 amide bonds. The fourth-order valence-corrected chi connectivity index (χ4v) is 7.62. The molecule has 0 atom stereocenters. The van der Waals surface area contributed by atoms with Crippen LogP contribution >= 0.6 is 0 Å². The minimum Gasteiger partial charge on any atom is -0.388 e. The molecule has 9 nitrogen and oxygen atoms in total. The van der Waals surface area contributed by atoms with Gasteiger partial charge in [0.15, 0.2) is 0 Å². The van der Waals surface area contributed by atoms with E-state index in [4.69, 9.17) is 15.2 Å². The second kappa shape index (κ2) is 11.2. The molecule has 9 heteroatoms. The topological polar surface area (TPSA) is 115 Å². The zero-order valence-electron chi connectivity index (χ0n) is 25.4. The molecular formula is C33H42N8O. The highest BCUT2D eigenvalue weighted by molar-refractivity contribution is 6.08. The molecular weight excluding hydrogens is 524 g/mol. The molecule has 1 saturated carbocycles. The number of aromatic nitrogens is 4. The number of rotatable bonds is 9. The van der Waals surface area contributed by atoms with Crippen molar-refractivity contribution in [1.82, 2.24) is 25.1 Å². The quantitative estimate of drug-likeness (QED) is 0.188. The molecule has 4 N–H and O–H groups in total. The number of carbonyl (C=O) groups is 1. The molecule has 0 radical (unpaired) electrons. The number of carbonyl (C=O) groups excluding carboxylic acids is 1. The molecule has 0 unspecified atom stereocenters. The van der Waals surface area contributed by atoms with Gasteiger partial charge in [0.2, 0.25) is 0 Å². The van der Waals surface area contributed by atoms with Crippen molar-refractivity contribution in [3.05, 3.63) is 60.2 Å². The molecule has 42 heavy (non-hydrogen) atoms. The van der Waals surface area contributed by atoms with Gasteiger partial charge in [-0.3, -0.25) is 4.68 Å². The number of nitrogens with zero attached hydrogens (tertiary/aromatic N) is 4. The number of nitrogens with one attached hydrogen (secondary N) is 4. The average molecular weight is 567 g/mol. The van der Waals surface area contributed by atoms with Gasteiger partial charge in [-0.05, 0) is 62.4 Å². The van der Waals surface area contributed by atoms with E-state index >= 15 is 0 Å². The Morgan fingerprint density at radius 3 is 2.52 bits per heavy atom. The van der Waals surface area contributed by atoms with Crippen LogP contribution < -0.4 is 15.5 Å². The van der Waals surface area contributed by atoms with Gasteiger partial charge in [-0.25, -0.2) is 4.98 Å². The minimum atomic E-state index is -0.118. The highest BCUT2D eigenvalue weighted by Gasteiger charge is 2.61. The molecule has 4 aromatic rings. The monoisotopic (exact) mass is 566 g/mol. The van der Waals surface area contributed by atoms with E-state index in [2.05, 4.69) is 71.4 Å². The van der Waals surface area contributed by atoms with Gasteiger partial charge in [-0.2, -0.15) is 5.10 Å². The van der Waals surface area contributed by atoms with E-state index in [-0.39, 0.29) is 5.41 Å². The second-order valence-electron chi connectivity index (χ2n) is 11.8. The molecule has 4 heterocycles. The van der Waals surface area contributed by atoms with Crippen LogP contribution in [0.15, 0.2) is 49.1 Å². The van der Waals surface area contributed by atoms with E-state index in [9.17, 15) is 0 Å².